The summed E-state index contributed by atoms with van der Waals surface area (Å²) in [5.74, 6) is -1.19. The molecule has 0 spiro atoms. The van der Waals surface area contributed by atoms with Gasteiger partial charge in [0.2, 0.25) is 5.76 Å². The minimum atomic E-state index is -1.48. The molecule has 1 heterocycles. The highest BCUT2D eigenvalue weighted by molar-refractivity contribution is 7.84. The van der Waals surface area contributed by atoms with Crippen molar-refractivity contribution in [1.82, 2.24) is 0 Å². The lowest BCUT2D eigenvalue weighted by Gasteiger charge is -2.00. The number of hydrogen-bond donors (Lipinski definition) is 2. The van der Waals surface area contributed by atoms with E-state index in [2.05, 4.69) is 0 Å². The van der Waals surface area contributed by atoms with Crippen molar-refractivity contribution in [2.75, 3.05) is 0 Å². The molecule has 18 heavy (non-hydrogen) atoms. The molecule has 1 aromatic carbocycles. The van der Waals surface area contributed by atoms with Crippen LogP contribution in [-0.2, 0) is 16.6 Å². The Labute approximate surface area is 105 Å². The van der Waals surface area contributed by atoms with E-state index < -0.39 is 16.8 Å². The van der Waals surface area contributed by atoms with E-state index in [1.807, 2.05) is 0 Å². The zero-order valence-corrected chi connectivity index (χ0v) is 10.0. The van der Waals surface area contributed by atoms with Crippen molar-refractivity contribution in [3.63, 3.8) is 0 Å². The van der Waals surface area contributed by atoms with Gasteiger partial charge < -0.3 is 14.6 Å². The van der Waals surface area contributed by atoms with E-state index in [4.69, 9.17) is 9.52 Å². The summed E-state index contributed by atoms with van der Waals surface area (Å²) >= 11 is 0. The van der Waals surface area contributed by atoms with E-state index in [0.29, 0.717) is 5.56 Å². The monoisotopic (exact) mass is 266 g/mol. The van der Waals surface area contributed by atoms with Gasteiger partial charge in [0.05, 0.1) is 16.6 Å². The zero-order chi connectivity index (χ0) is 13.1. The van der Waals surface area contributed by atoms with Gasteiger partial charge in [0, 0.05) is 0 Å². The average molecular weight is 266 g/mol. The van der Waals surface area contributed by atoms with Crippen LogP contribution < -0.4 is 0 Å². The molecule has 0 fully saturated rings. The molecule has 6 heteroatoms. The SMILES string of the molecule is O=C(O)c1ccc(S(=O)Cc2cccc(O)c2)o1. The summed E-state index contributed by atoms with van der Waals surface area (Å²) in [4.78, 5) is 10.6. The van der Waals surface area contributed by atoms with Gasteiger partial charge in [0.25, 0.3) is 0 Å². The van der Waals surface area contributed by atoms with Gasteiger partial charge in [0.15, 0.2) is 5.09 Å². The van der Waals surface area contributed by atoms with Gasteiger partial charge in [-0.3, -0.25) is 4.21 Å². The molecule has 2 aromatic rings. The Kier molecular flexibility index (Phi) is 3.47. The Balaban J connectivity index is 2.14. The summed E-state index contributed by atoms with van der Waals surface area (Å²) in [6.07, 6.45) is 0. The van der Waals surface area contributed by atoms with Gasteiger partial charge in [-0.1, -0.05) is 12.1 Å². The summed E-state index contributed by atoms with van der Waals surface area (Å²) < 4.78 is 16.9. The second-order valence-electron chi connectivity index (χ2n) is 3.58. The van der Waals surface area contributed by atoms with Gasteiger partial charge in [-0.25, -0.2) is 4.79 Å². The molecule has 1 atom stereocenters. The maximum atomic E-state index is 11.9. The first-order valence-electron chi connectivity index (χ1n) is 5.05. The highest BCUT2D eigenvalue weighted by Gasteiger charge is 2.14. The predicted octanol–water partition coefficient (Wildman–Crippen LogP) is 1.99. The summed E-state index contributed by atoms with van der Waals surface area (Å²) in [5.41, 5.74) is 0.682. The van der Waals surface area contributed by atoms with Gasteiger partial charge in [-0.2, -0.15) is 0 Å². The average Bonchev–Trinajstić information content (AvgIpc) is 2.78. The maximum Gasteiger partial charge on any atom is 0.371 e. The van der Waals surface area contributed by atoms with Crippen LogP contribution in [0.4, 0.5) is 0 Å². The number of carboxylic acids is 1. The third kappa shape index (κ3) is 2.78. The lowest BCUT2D eigenvalue weighted by molar-refractivity contribution is 0.0656. The standard InChI is InChI=1S/C12H10O5S/c13-9-3-1-2-8(6-9)7-18(16)11-5-4-10(17-11)12(14)15/h1-6,13H,7H2,(H,14,15). The minimum Gasteiger partial charge on any atom is -0.508 e. The molecular weight excluding hydrogens is 256 g/mol. The number of phenolic OH excluding ortho intramolecular Hbond substituents is 1. The third-order valence-electron chi connectivity index (χ3n) is 2.22. The van der Waals surface area contributed by atoms with E-state index in [-0.39, 0.29) is 22.4 Å². The molecule has 0 radical (unpaired) electrons. The van der Waals surface area contributed by atoms with Crippen LogP contribution in [0.25, 0.3) is 0 Å². The molecule has 1 aromatic heterocycles. The Morgan fingerprint density at radius 1 is 1.28 bits per heavy atom. The van der Waals surface area contributed by atoms with E-state index in [0.717, 1.165) is 0 Å². The van der Waals surface area contributed by atoms with Crippen molar-refractivity contribution in [3.05, 3.63) is 47.7 Å². The van der Waals surface area contributed by atoms with Crippen LogP contribution in [-0.4, -0.2) is 20.4 Å². The van der Waals surface area contributed by atoms with Gasteiger partial charge in [-0.05, 0) is 29.8 Å². The summed E-state index contributed by atoms with van der Waals surface area (Å²) in [7, 11) is -1.48. The van der Waals surface area contributed by atoms with Crippen molar-refractivity contribution in [2.45, 2.75) is 10.8 Å². The second kappa shape index (κ2) is 5.05. The number of carbonyl (C=O) groups is 1. The number of aromatic hydroxyl groups is 1. The zero-order valence-electron chi connectivity index (χ0n) is 9.20. The molecule has 0 saturated carbocycles. The Morgan fingerprint density at radius 3 is 2.67 bits per heavy atom. The van der Waals surface area contributed by atoms with Crippen LogP contribution in [0.15, 0.2) is 45.9 Å². The molecule has 2 N–H and O–H groups in total. The number of aromatic carboxylic acids is 1. The van der Waals surface area contributed by atoms with Crippen LogP contribution in [0, 0.1) is 0 Å². The minimum absolute atomic E-state index is 0.0927. The summed E-state index contributed by atoms with van der Waals surface area (Å²) in [5, 5.41) is 18.1. The van der Waals surface area contributed by atoms with Gasteiger partial charge in [0.1, 0.15) is 5.75 Å². The molecular formula is C12H10O5S. The first-order valence-corrected chi connectivity index (χ1v) is 6.37. The molecule has 0 aliphatic heterocycles. The smallest absolute Gasteiger partial charge is 0.371 e. The molecule has 2 rings (SSSR count). The quantitative estimate of drug-likeness (QED) is 0.883. The predicted molar refractivity (Wildman–Crippen MR) is 63.9 cm³/mol. The maximum absolute atomic E-state index is 11.9. The molecule has 0 amide bonds. The van der Waals surface area contributed by atoms with Crippen molar-refractivity contribution in [2.24, 2.45) is 0 Å². The van der Waals surface area contributed by atoms with Crippen LogP contribution in [0.1, 0.15) is 16.1 Å². The van der Waals surface area contributed by atoms with E-state index in [1.54, 1.807) is 12.1 Å². The van der Waals surface area contributed by atoms with Crippen molar-refractivity contribution < 1.29 is 23.6 Å². The van der Waals surface area contributed by atoms with Crippen LogP contribution in [0.2, 0.25) is 0 Å². The largest absolute Gasteiger partial charge is 0.508 e. The molecule has 0 bridgehead atoms. The van der Waals surface area contributed by atoms with Crippen LogP contribution >= 0.6 is 0 Å². The van der Waals surface area contributed by atoms with Gasteiger partial charge >= 0.3 is 5.97 Å². The Bertz CT molecular complexity index is 602. The topological polar surface area (TPSA) is 87.7 Å². The van der Waals surface area contributed by atoms with Gasteiger partial charge in [-0.15, -0.1) is 0 Å². The number of hydrogen-bond acceptors (Lipinski definition) is 4. The van der Waals surface area contributed by atoms with E-state index in [9.17, 15) is 14.1 Å². The number of benzene rings is 1. The van der Waals surface area contributed by atoms with Crippen LogP contribution in [0.3, 0.4) is 0 Å². The van der Waals surface area contributed by atoms with Crippen molar-refractivity contribution in [1.29, 1.82) is 0 Å². The number of rotatable bonds is 4. The fraction of sp³-hybridized carbons (Fsp3) is 0.0833. The van der Waals surface area contributed by atoms with Crippen molar-refractivity contribution >= 4 is 16.8 Å². The first-order chi connectivity index (χ1) is 8.56. The molecule has 5 nitrogen and oxygen atoms in total. The lowest BCUT2D eigenvalue weighted by atomic mass is 10.2. The molecule has 94 valence electrons. The summed E-state index contributed by atoms with van der Waals surface area (Å²) in [6, 6.07) is 9.02. The Hall–Kier alpha value is -2.08. The number of phenols is 1. The summed E-state index contributed by atoms with van der Waals surface area (Å²) in [6.45, 7) is 0. The van der Waals surface area contributed by atoms with E-state index in [1.165, 1.54) is 24.3 Å². The van der Waals surface area contributed by atoms with Crippen molar-refractivity contribution in [3.8, 4) is 5.75 Å². The molecule has 0 saturated heterocycles. The second-order valence-corrected chi connectivity index (χ2v) is 4.97. The lowest BCUT2D eigenvalue weighted by Crippen LogP contribution is -1.96. The fourth-order valence-corrected chi connectivity index (χ4v) is 2.45. The highest BCUT2D eigenvalue weighted by atomic mass is 32.2. The van der Waals surface area contributed by atoms with Crippen LogP contribution in [0.5, 0.6) is 5.75 Å². The molecule has 0 aliphatic carbocycles. The number of furan rings is 1. The number of carboxylic acid groups (broad SMARTS) is 1. The van der Waals surface area contributed by atoms with E-state index >= 15 is 0 Å². The molecule has 1 unspecified atom stereocenters. The Morgan fingerprint density at radius 2 is 2.06 bits per heavy atom. The normalized spacial score (nSPS) is 12.2. The molecule has 0 aliphatic rings. The first kappa shape index (κ1) is 12.4. The fourth-order valence-electron chi connectivity index (χ4n) is 1.43. The highest BCUT2D eigenvalue weighted by Crippen LogP contribution is 2.18. The third-order valence-corrected chi connectivity index (χ3v) is 3.49.